The minimum absolute atomic E-state index is 0.169. The summed E-state index contributed by atoms with van der Waals surface area (Å²) in [5, 5.41) is 1.98. The molecule has 0 amide bonds. The number of nitrogens with zero attached hydrogens (tertiary/aromatic N) is 2. The zero-order chi connectivity index (χ0) is 14.0. The summed E-state index contributed by atoms with van der Waals surface area (Å²) in [6.07, 6.45) is -4.63. The number of halogens is 5. The van der Waals surface area contributed by atoms with Gasteiger partial charge in [-0.05, 0) is 29.8 Å². The highest BCUT2D eigenvalue weighted by Gasteiger charge is 2.33. The van der Waals surface area contributed by atoms with Crippen molar-refractivity contribution in [2.45, 2.75) is 6.18 Å². The molecule has 3 nitrogen and oxygen atoms in total. The molecule has 0 saturated heterocycles. The minimum atomic E-state index is -4.63. The Hall–Kier alpha value is -1.89. The third-order valence-electron chi connectivity index (χ3n) is 2.09. The third-order valence-corrected chi connectivity index (χ3v) is 2.26. The second-order valence-corrected chi connectivity index (χ2v) is 3.88. The molecule has 0 bridgehead atoms. The first-order chi connectivity index (χ1) is 8.84. The van der Waals surface area contributed by atoms with Gasteiger partial charge in [-0.2, -0.15) is 13.2 Å². The fraction of sp³-hybridized carbons (Fsp3) is 0.0909. The highest BCUT2D eigenvalue weighted by atomic mass is 35.5. The summed E-state index contributed by atoms with van der Waals surface area (Å²) in [6.45, 7) is 0. The lowest BCUT2D eigenvalue weighted by Gasteiger charge is -2.09. The van der Waals surface area contributed by atoms with Crippen LogP contribution in [0.3, 0.4) is 0 Å². The predicted octanol–water partition coefficient (Wildman–Crippen LogP) is 4.03. The van der Waals surface area contributed by atoms with Gasteiger partial charge in [0, 0.05) is 11.8 Å². The maximum Gasteiger partial charge on any atom is 0.433 e. The molecule has 0 spiro atoms. The van der Waals surface area contributed by atoms with E-state index < -0.39 is 23.0 Å². The van der Waals surface area contributed by atoms with Gasteiger partial charge in [-0.3, -0.25) is 0 Å². The minimum Gasteiger partial charge on any atom is -0.340 e. The quantitative estimate of drug-likeness (QED) is 0.670. The van der Waals surface area contributed by atoms with Crippen LogP contribution < -0.4 is 5.32 Å². The van der Waals surface area contributed by atoms with Gasteiger partial charge in [-0.1, -0.05) is 6.07 Å². The topological polar surface area (TPSA) is 37.8 Å². The highest BCUT2D eigenvalue weighted by Crippen LogP contribution is 2.30. The lowest BCUT2D eigenvalue weighted by molar-refractivity contribution is -0.141. The Labute approximate surface area is 110 Å². The zero-order valence-electron chi connectivity index (χ0n) is 9.17. The average molecular weight is 292 g/mol. The second kappa shape index (κ2) is 5.00. The number of anilines is 2. The molecule has 1 heterocycles. The van der Waals surface area contributed by atoms with Crippen LogP contribution in [0.5, 0.6) is 0 Å². The molecule has 1 aromatic carbocycles. The van der Waals surface area contributed by atoms with E-state index in [1.165, 1.54) is 18.2 Å². The van der Waals surface area contributed by atoms with E-state index in [-0.39, 0.29) is 11.5 Å². The lowest BCUT2D eigenvalue weighted by Crippen LogP contribution is -2.10. The van der Waals surface area contributed by atoms with Gasteiger partial charge in [0.15, 0.2) is 5.69 Å². The van der Waals surface area contributed by atoms with Crippen molar-refractivity contribution < 1.29 is 17.6 Å². The first-order valence-electron chi connectivity index (χ1n) is 4.99. The second-order valence-electron chi connectivity index (χ2n) is 3.54. The Kier molecular flexibility index (Phi) is 3.57. The number of aromatic nitrogens is 2. The van der Waals surface area contributed by atoms with E-state index in [4.69, 9.17) is 11.6 Å². The van der Waals surface area contributed by atoms with E-state index in [1.807, 2.05) is 0 Å². The van der Waals surface area contributed by atoms with Gasteiger partial charge in [0.1, 0.15) is 11.6 Å². The van der Waals surface area contributed by atoms with E-state index >= 15 is 0 Å². The monoisotopic (exact) mass is 291 g/mol. The molecule has 0 atom stereocenters. The molecule has 0 aliphatic carbocycles. The van der Waals surface area contributed by atoms with E-state index in [9.17, 15) is 17.6 Å². The third kappa shape index (κ3) is 3.54. The van der Waals surface area contributed by atoms with E-state index in [0.717, 1.165) is 6.07 Å². The van der Waals surface area contributed by atoms with Crippen molar-refractivity contribution in [3.8, 4) is 0 Å². The molecule has 0 radical (unpaired) electrons. The van der Waals surface area contributed by atoms with Crippen molar-refractivity contribution in [3.63, 3.8) is 0 Å². The van der Waals surface area contributed by atoms with Crippen LogP contribution in [-0.2, 0) is 6.18 Å². The van der Waals surface area contributed by atoms with Crippen LogP contribution in [0.2, 0.25) is 5.28 Å². The number of rotatable bonds is 2. The SMILES string of the molecule is Fc1cccc(Nc2cc(C(F)(F)F)nc(Cl)n2)c1. The molecular weight excluding hydrogens is 286 g/mol. The van der Waals surface area contributed by atoms with Gasteiger partial charge in [0.2, 0.25) is 5.28 Å². The Balaban J connectivity index is 2.33. The normalized spacial score (nSPS) is 11.4. The number of hydrogen-bond donors (Lipinski definition) is 1. The molecule has 0 unspecified atom stereocenters. The summed E-state index contributed by atoms with van der Waals surface area (Å²) >= 11 is 5.42. The first kappa shape index (κ1) is 13.5. The van der Waals surface area contributed by atoms with Gasteiger partial charge < -0.3 is 5.32 Å². The van der Waals surface area contributed by atoms with E-state index in [0.29, 0.717) is 6.07 Å². The molecule has 0 aliphatic rings. The molecule has 2 aromatic rings. The predicted molar refractivity (Wildman–Crippen MR) is 61.7 cm³/mol. The highest BCUT2D eigenvalue weighted by molar-refractivity contribution is 6.28. The van der Waals surface area contributed by atoms with Crippen LogP contribution in [0.4, 0.5) is 29.1 Å². The van der Waals surface area contributed by atoms with E-state index in [1.54, 1.807) is 0 Å². The summed E-state index contributed by atoms with van der Waals surface area (Å²) in [5.41, 5.74) is -0.922. The van der Waals surface area contributed by atoms with Crippen LogP contribution >= 0.6 is 11.6 Å². The standard InChI is InChI=1S/C11H6ClF4N3/c12-10-18-8(11(14,15)16)5-9(19-10)17-7-3-1-2-6(13)4-7/h1-5H,(H,17,18,19). The molecule has 0 fully saturated rings. The van der Waals surface area contributed by atoms with Crippen molar-refractivity contribution in [3.05, 3.63) is 47.1 Å². The van der Waals surface area contributed by atoms with Crippen LogP contribution in [0.15, 0.2) is 30.3 Å². The smallest absolute Gasteiger partial charge is 0.340 e. The van der Waals surface area contributed by atoms with Crippen molar-refractivity contribution in [2.75, 3.05) is 5.32 Å². The summed E-state index contributed by atoms with van der Waals surface area (Å²) in [4.78, 5) is 6.67. The summed E-state index contributed by atoms with van der Waals surface area (Å²) in [7, 11) is 0. The summed E-state index contributed by atoms with van der Waals surface area (Å²) in [5.74, 6) is -0.695. The van der Waals surface area contributed by atoms with Crippen LogP contribution in [-0.4, -0.2) is 9.97 Å². The largest absolute Gasteiger partial charge is 0.433 e. The summed E-state index contributed by atoms with van der Waals surface area (Å²) in [6, 6.07) is 5.90. The Morgan fingerprint density at radius 1 is 1.11 bits per heavy atom. The molecule has 2 rings (SSSR count). The Bertz CT molecular complexity index is 601. The van der Waals surface area contributed by atoms with Crippen LogP contribution in [0, 0.1) is 5.82 Å². The summed E-state index contributed by atoms with van der Waals surface area (Å²) < 4.78 is 50.5. The fourth-order valence-electron chi connectivity index (χ4n) is 1.34. The van der Waals surface area contributed by atoms with Gasteiger partial charge >= 0.3 is 6.18 Å². The zero-order valence-corrected chi connectivity index (χ0v) is 9.93. The molecule has 8 heteroatoms. The van der Waals surface area contributed by atoms with Crippen molar-refractivity contribution >= 4 is 23.1 Å². The number of nitrogens with one attached hydrogen (secondary N) is 1. The maximum atomic E-state index is 12.9. The fourth-order valence-corrected chi connectivity index (χ4v) is 1.52. The van der Waals surface area contributed by atoms with Crippen LogP contribution in [0.1, 0.15) is 5.69 Å². The Morgan fingerprint density at radius 3 is 2.47 bits per heavy atom. The lowest BCUT2D eigenvalue weighted by atomic mass is 10.3. The molecule has 1 N–H and O–H groups in total. The number of hydrogen-bond acceptors (Lipinski definition) is 3. The van der Waals surface area contributed by atoms with Crippen molar-refractivity contribution in [1.82, 2.24) is 9.97 Å². The van der Waals surface area contributed by atoms with Gasteiger partial charge in [0.25, 0.3) is 0 Å². The average Bonchev–Trinajstić information content (AvgIpc) is 2.26. The van der Waals surface area contributed by atoms with Crippen molar-refractivity contribution in [1.29, 1.82) is 0 Å². The van der Waals surface area contributed by atoms with E-state index in [2.05, 4.69) is 15.3 Å². The molecule has 0 saturated carbocycles. The molecular formula is C11H6ClF4N3. The first-order valence-corrected chi connectivity index (χ1v) is 5.37. The molecule has 0 aliphatic heterocycles. The number of alkyl halides is 3. The maximum absolute atomic E-state index is 12.9. The van der Waals surface area contributed by atoms with Gasteiger partial charge in [0.05, 0.1) is 0 Å². The molecule has 100 valence electrons. The van der Waals surface area contributed by atoms with Crippen molar-refractivity contribution in [2.24, 2.45) is 0 Å². The molecule has 1 aromatic heterocycles. The molecule has 19 heavy (non-hydrogen) atoms. The number of benzene rings is 1. The van der Waals surface area contributed by atoms with Crippen LogP contribution in [0.25, 0.3) is 0 Å². The van der Waals surface area contributed by atoms with Gasteiger partial charge in [-0.25, -0.2) is 14.4 Å². The Morgan fingerprint density at radius 2 is 1.84 bits per heavy atom. The van der Waals surface area contributed by atoms with Gasteiger partial charge in [-0.15, -0.1) is 0 Å².